The quantitative estimate of drug-likeness (QED) is 0.262. The Morgan fingerprint density at radius 3 is 1.43 bits per heavy atom. The van der Waals surface area contributed by atoms with Gasteiger partial charge >= 0.3 is 0 Å². The van der Waals surface area contributed by atoms with Crippen LogP contribution in [-0.4, -0.2) is 20.3 Å². The molecule has 0 bridgehead atoms. The summed E-state index contributed by atoms with van der Waals surface area (Å²) >= 11 is 6.91. The molecular weight excluding hydrogens is 512 g/mol. The van der Waals surface area contributed by atoms with Gasteiger partial charge in [-0.25, -0.2) is 0 Å². The molecule has 5 rings (SSSR count). The first-order valence-corrected chi connectivity index (χ1v) is 10.5. The fourth-order valence-corrected chi connectivity index (χ4v) is 3.75. The van der Waals surface area contributed by atoms with Crippen molar-refractivity contribution in [2.24, 2.45) is 0 Å². The van der Waals surface area contributed by atoms with Gasteiger partial charge in [0.15, 0.2) is 0 Å². The maximum atomic E-state index is 5.48. The standard InChI is InChI=1S/C22H12Br2N4O2/c23-17-8-2-4-13(11-17)19-25-21(29-27-19)15-6-1-7-16(10-15)22-26-20(28-30-22)14-5-3-9-18(24)12-14/h1-12H. The predicted molar refractivity (Wildman–Crippen MR) is 119 cm³/mol. The molecule has 0 fully saturated rings. The van der Waals surface area contributed by atoms with Gasteiger partial charge in [0.25, 0.3) is 11.8 Å². The summed E-state index contributed by atoms with van der Waals surface area (Å²) in [6, 6.07) is 23.0. The van der Waals surface area contributed by atoms with Gasteiger partial charge in [-0.05, 0) is 42.5 Å². The van der Waals surface area contributed by atoms with E-state index < -0.39 is 0 Å². The van der Waals surface area contributed by atoms with Crippen molar-refractivity contribution in [1.82, 2.24) is 20.3 Å². The molecule has 30 heavy (non-hydrogen) atoms. The summed E-state index contributed by atoms with van der Waals surface area (Å²) in [5.41, 5.74) is 3.27. The zero-order valence-corrected chi connectivity index (χ0v) is 18.5. The first kappa shape index (κ1) is 18.9. The Hall–Kier alpha value is -3.10. The van der Waals surface area contributed by atoms with Crippen LogP contribution in [0, 0.1) is 0 Å². The summed E-state index contributed by atoms with van der Waals surface area (Å²) in [5, 5.41) is 8.19. The molecule has 5 aromatic rings. The molecule has 0 aliphatic rings. The monoisotopic (exact) mass is 522 g/mol. The number of nitrogens with zero attached hydrogens (tertiary/aromatic N) is 4. The van der Waals surface area contributed by atoms with Gasteiger partial charge in [0.1, 0.15) is 0 Å². The minimum absolute atomic E-state index is 0.415. The average Bonchev–Trinajstić information content (AvgIpc) is 3.44. The summed E-state index contributed by atoms with van der Waals surface area (Å²) in [7, 11) is 0. The van der Waals surface area contributed by atoms with Crippen molar-refractivity contribution in [2.45, 2.75) is 0 Å². The lowest BCUT2D eigenvalue weighted by molar-refractivity contribution is 0.431. The fourth-order valence-electron chi connectivity index (χ4n) is 2.96. The normalized spacial score (nSPS) is 11.0. The van der Waals surface area contributed by atoms with E-state index in [4.69, 9.17) is 9.05 Å². The smallest absolute Gasteiger partial charge is 0.258 e. The van der Waals surface area contributed by atoms with E-state index in [-0.39, 0.29) is 0 Å². The van der Waals surface area contributed by atoms with Crippen LogP contribution in [0.4, 0.5) is 0 Å². The Morgan fingerprint density at radius 1 is 0.533 bits per heavy atom. The van der Waals surface area contributed by atoms with Gasteiger partial charge in [0.05, 0.1) is 0 Å². The highest BCUT2D eigenvalue weighted by Gasteiger charge is 2.15. The van der Waals surface area contributed by atoms with Crippen molar-refractivity contribution in [3.05, 3.63) is 81.7 Å². The Morgan fingerprint density at radius 2 is 0.967 bits per heavy atom. The predicted octanol–water partition coefficient (Wildman–Crippen LogP) is 6.65. The number of hydrogen-bond donors (Lipinski definition) is 0. The third-order valence-electron chi connectivity index (χ3n) is 4.37. The van der Waals surface area contributed by atoms with Crippen molar-refractivity contribution in [3.8, 4) is 45.7 Å². The molecule has 6 nitrogen and oxygen atoms in total. The molecule has 8 heteroatoms. The molecule has 0 unspecified atom stereocenters. The van der Waals surface area contributed by atoms with Crippen LogP contribution in [0.3, 0.4) is 0 Å². The van der Waals surface area contributed by atoms with Crippen LogP contribution in [-0.2, 0) is 0 Å². The van der Waals surface area contributed by atoms with E-state index in [0.29, 0.717) is 23.4 Å². The Labute approximate surface area is 188 Å². The van der Waals surface area contributed by atoms with E-state index in [1.807, 2.05) is 72.8 Å². The van der Waals surface area contributed by atoms with Crippen LogP contribution in [0.5, 0.6) is 0 Å². The molecule has 3 aromatic carbocycles. The summed E-state index contributed by atoms with van der Waals surface area (Å²) in [6.07, 6.45) is 0. The van der Waals surface area contributed by atoms with Gasteiger partial charge in [-0.3, -0.25) is 0 Å². The second kappa shape index (κ2) is 7.97. The zero-order chi connectivity index (χ0) is 20.5. The highest BCUT2D eigenvalue weighted by Crippen LogP contribution is 2.29. The topological polar surface area (TPSA) is 77.8 Å². The molecule has 2 aromatic heterocycles. The fraction of sp³-hybridized carbons (Fsp3) is 0. The maximum absolute atomic E-state index is 5.48. The number of aromatic nitrogens is 4. The number of hydrogen-bond acceptors (Lipinski definition) is 6. The summed E-state index contributed by atoms with van der Waals surface area (Å²) in [5.74, 6) is 1.87. The Kier molecular flexibility index (Phi) is 5.02. The highest BCUT2D eigenvalue weighted by atomic mass is 79.9. The highest BCUT2D eigenvalue weighted by molar-refractivity contribution is 9.10. The lowest BCUT2D eigenvalue weighted by Gasteiger charge is -1.98. The Balaban J connectivity index is 1.46. The van der Waals surface area contributed by atoms with Crippen LogP contribution in [0.1, 0.15) is 0 Å². The molecule has 0 amide bonds. The van der Waals surface area contributed by atoms with E-state index in [2.05, 4.69) is 52.1 Å². The Bertz CT molecular complexity index is 1250. The molecular formula is C22H12Br2N4O2. The zero-order valence-electron chi connectivity index (χ0n) is 15.3. The number of benzene rings is 3. The third-order valence-corrected chi connectivity index (χ3v) is 5.36. The number of halogens is 2. The summed E-state index contributed by atoms with van der Waals surface area (Å²) in [4.78, 5) is 9.04. The van der Waals surface area contributed by atoms with Gasteiger partial charge in [0, 0.05) is 31.2 Å². The van der Waals surface area contributed by atoms with Crippen LogP contribution in [0.2, 0.25) is 0 Å². The van der Waals surface area contributed by atoms with Crippen molar-refractivity contribution in [3.63, 3.8) is 0 Å². The van der Waals surface area contributed by atoms with Crippen molar-refractivity contribution < 1.29 is 9.05 Å². The summed E-state index contributed by atoms with van der Waals surface area (Å²) in [6.45, 7) is 0. The van der Waals surface area contributed by atoms with E-state index in [0.717, 1.165) is 31.2 Å². The SMILES string of the molecule is Brc1cccc(-c2noc(-c3cccc(-c4nc(-c5cccc(Br)c5)no4)c3)n2)c1. The second-order valence-corrected chi connectivity index (χ2v) is 8.28. The van der Waals surface area contributed by atoms with Crippen LogP contribution in [0.25, 0.3) is 45.7 Å². The molecule has 146 valence electrons. The molecule has 0 radical (unpaired) electrons. The van der Waals surface area contributed by atoms with Gasteiger partial charge < -0.3 is 9.05 Å². The maximum Gasteiger partial charge on any atom is 0.258 e. The van der Waals surface area contributed by atoms with Gasteiger partial charge in [-0.2, -0.15) is 9.97 Å². The second-order valence-electron chi connectivity index (χ2n) is 6.45. The lowest BCUT2D eigenvalue weighted by atomic mass is 10.1. The minimum atomic E-state index is 0.415. The third kappa shape index (κ3) is 3.83. The lowest BCUT2D eigenvalue weighted by Crippen LogP contribution is -1.84. The van der Waals surface area contributed by atoms with Gasteiger partial charge in [-0.1, -0.05) is 72.5 Å². The largest absolute Gasteiger partial charge is 0.334 e. The summed E-state index contributed by atoms with van der Waals surface area (Å²) < 4.78 is 12.9. The molecule has 0 aliphatic carbocycles. The minimum Gasteiger partial charge on any atom is -0.334 e. The van der Waals surface area contributed by atoms with Gasteiger partial charge in [-0.15, -0.1) is 0 Å². The van der Waals surface area contributed by atoms with Crippen LogP contribution in [0.15, 0.2) is 90.8 Å². The van der Waals surface area contributed by atoms with Gasteiger partial charge in [0.2, 0.25) is 11.6 Å². The molecule has 0 aliphatic heterocycles. The molecule has 0 atom stereocenters. The first-order chi connectivity index (χ1) is 14.7. The molecule has 0 spiro atoms. The van der Waals surface area contributed by atoms with Crippen molar-refractivity contribution in [1.29, 1.82) is 0 Å². The molecule has 0 saturated heterocycles. The van der Waals surface area contributed by atoms with E-state index in [1.165, 1.54) is 0 Å². The molecule has 0 N–H and O–H groups in total. The molecule has 2 heterocycles. The van der Waals surface area contributed by atoms with E-state index in [9.17, 15) is 0 Å². The van der Waals surface area contributed by atoms with E-state index in [1.54, 1.807) is 0 Å². The number of rotatable bonds is 4. The van der Waals surface area contributed by atoms with Crippen molar-refractivity contribution >= 4 is 31.9 Å². The molecule has 0 saturated carbocycles. The average molecular weight is 524 g/mol. The first-order valence-electron chi connectivity index (χ1n) is 8.96. The van der Waals surface area contributed by atoms with Crippen molar-refractivity contribution in [2.75, 3.05) is 0 Å². The van der Waals surface area contributed by atoms with Crippen LogP contribution >= 0.6 is 31.9 Å². The van der Waals surface area contributed by atoms with E-state index >= 15 is 0 Å². The van der Waals surface area contributed by atoms with Crippen LogP contribution < -0.4 is 0 Å².